The number of hydrogen-bond donors (Lipinski definition) is 1. The van der Waals surface area contributed by atoms with E-state index in [1.165, 1.54) is 32.5 Å². The van der Waals surface area contributed by atoms with Gasteiger partial charge in [0, 0.05) is 46.0 Å². The molecule has 4 heteroatoms. The molecule has 2 rings (SSSR count). The normalized spacial score (nSPS) is 29.5. The molecule has 0 radical (unpaired) electrons. The first kappa shape index (κ1) is 13.3. The molecule has 1 N–H and O–H groups in total. The monoisotopic (exact) mass is 242 g/mol. The van der Waals surface area contributed by atoms with Crippen molar-refractivity contribution < 1.29 is 9.47 Å². The lowest BCUT2D eigenvalue weighted by Crippen LogP contribution is -2.40. The fraction of sp³-hybridized carbons (Fsp3) is 1.00. The number of likely N-dealkylation sites (tertiary alicyclic amines) is 1. The maximum absolute atomic E-state index is 5.61. The van der Waals surface area contributed by atoms with Gasteiger partial charge in [0.15, 0.2) is 0 Å². The van der Waals surface area contributed by atoms with Crippen molar-refractivity contribution in [2.24, 2.45) is 5.92 Å². The summed E-state index contributed by atoms with van der Waals surface area (Å²) in [7, 11) is 1.74. The summed E-state index contributed by atoms with van der Waals surface area (Å²) < 4.78 is 10.6. The Balaban J connectivity index is 1.52. The van der Waals surface area contributed by atoms with Gasteiger partial charge in [0.25, 0.3) is 0 Å². The van der Waals surface area contributed by atoms with Gasteiger partial charge in [0.2, 0.25) is 0 Å². The highest BCUT2D eigenvalue weighted by molar-refractivity contribution is 4.91. The largest absolute Gasteiger partial charge is 0.385 e. The molecule has 0 saturated carbocycles. The molecule has 0 unspecified atom stereocenters. The predicted octanol–water partition coefficient (Wildman–Crippen LogP) is 0.723. The van der Waals surface area contributed by atoms with Gasteiger partial charge in [-0.15, -0.1) is 0 Å². The molecule has 2 aliphatic rings. The maximum Gasteiger partial charge on any atom is 0.0593 e. The van der Waals surface area contributed by atoms with Crippen LogP contribution in [-0.2, 0) is 9.47 Å². The molecule has 2 heterocycles. The lowest BCUT2D eigenvalue weighted by Gasteiger charge is -2.24. The van der Waals surface area contributed by atoms with Gasteiger partial charge in [-0.2, -0.15) is 0 Å². The Morgan fingerprint density at radius 1 is 1.24 bits per heavy atom. The van der Waals surface area contributed by atoms with Crippen molar-refractivity contribution in [3.8, 4) is 0 Å². The number of methoxy groups -OCH3 is 1. The molecule has 0 amide bonds. The SMILES string of the molecule is COCCCOCCN1C[C@@H]2CCCN[C@@H]2C1. The molecule has 0 spiro atoms. The number of ether oxygens (including phenoxy) is 2. The Hall–Kier alpha value is -0.160. The summed E-state index contributed by atoms with van der Waals surface area (Å²) in [5, 5.41) is 3.63. The van der Waals surface area contributed by atoms with E-state index in [1.807, 2.05) is 0 Å². The molecule has 100 valence electrons. The van der Waals surface area contributed by atoms with E-state index in [9.17, 15) is 0 Å². The van der Waals surface area contributed by atoms with Crippen LogP contribution in [0.3, 0.4) is 0 Å². The van der Waals surface area contributed by atoms with Crippen LogP contribution in [0.1, 0.15) is 19.3 Å². The third kappa shape index (κ3) is 4.21. The predicted molar refractivity (Wildman–Crippen MR) is 68.3 cm³/mol. The molecule has 0 aromatic carbocycles. The maximum atomic E-state index is 5.61. The number of nitrogens with one attached hydrogen (secondary N) is 1. The summed E-state index contributed by atoms with van der Waals surface area (Å²) in [6.07, 6.45) is 3.76. The van der Waals surface area contributed by atoms with E-state index in [1.54, 1.807) is 7.11 Å². The second kappa shape index (κ2) is 7.31. The van der Waals surface area contributed by atoms with E-state index in [-0.39, 0.29) is 0 Å². The van der Waals surface area contributed by atoms with Crippen molar-refractivity contribution in [3.05, 3.63) is 0 Å². The van der Waals surface area contributed by atoms with Crippen LogP contribution < -0.4 is 5.32 Å². The van der Waals surface area contributed by atoms with Crippen molar-refractivity contribution in [3.63, 3.8) is 0 Å². The molecule has 2 saturated heterocycles. The van der Waals surface area contributed by atoms with Crippen molar-refractivity contribution in [2.45, 2.75) is 25.3 Å². The summed E-state index contributed by atoms with van der Waals surface area (Å²) in [5.74, 6) is 0.886. The number of piperidine rings is 1. The number of hydrogen-bond acceptors (Lipinski definition) is 4. The minimum absolute atomic E-state index is 0.747. The highest BCUT2D eigenvalue weighted by Gasteiger charge is 2.33. The van der Waals surface area contributed by atoms with Gasteiger partial charge in [-0.05, 0) is 31.7 Å². The van der Waals surface area contributed by atoms with Gasteiger partial charge in [-0.3, -0.25) is 4.90 Å². The second-order valence-corrected chi connectivity index (χ2v) is 5.18. The van der Waals surface area contributed by atoms with E-state index in [4.69, 9.17) is 9.47 Å². The zero-order chi connectivity index (χ0) is 11.9. The van der Waals surface area contributed by atoms with E-state index in [0.29, 0.717) is 0 Å². The second-order valence-electron chi connectivity index (χ2n) is 5.18. The van der Waals surface area contributed by atoms with Crippen LogP contribution in [0, 0.1) is 5.92 Å². The molecule has 17 heavy (non-hydrogen) atoms. The van der Waals surface area contributed by atoms with Gasteiger partial charge in [0.1, 0.15) is 0 Å². The summed E-state index contributed by atoms with van der Waals surface area (Å²) >= 11 is 0. The van der Waals surface area contributed by atoms with Crippen molar-refractivity contribution in [1.29, 1.82) is 0 Å². The Morgan fingerprint density at radius 3 is 3.00 bits per heavy atom. The van der Waals surface area contributed by atoms with Crippen LogP contribution in [-0.4, -0.2) is 64.1 Å². The smallest absolute Gasteiger partial charge is 0.0593 e. The zero-order valence-corrected chi connectivity index (χ0v) is 11.0. The minimum Gasteiger partial charge on any atom is -0.385 e. The Kier molecular flexibility index (Phi) is 5.71. The lowest BCUT2D eigenvalue weighted by atomic mass is 9.94. The third-order valence-electron chi connectivity index (χ3n) is 3.86. The molecule has 2 atom stereocenters. The summed E-state index contributed by atoms with van der Waals surface area (Å²) in [4.78, 5) is 2.55. The van der Waals surface area contributed by atoms with Crippen LogP contribution in [0.15, 0.2) is 0 Å². The molecule has 0 bridgehead atoms. The lowest BCUT2D eigenvalue weighted by molar-refractivity contribution is 0.0876. The fourth-order valence-corrected chi connectivity index (χ4v) is 2.92. The third-order valence-corrected chi connectivity index (χ3v) is 3.86. The van der Waals surface area contributed by atoms with Crippen LogP contribution >= 0.6 is 0 Å². The topological polar surface area (TPSA) is 33.7 Å². The molecule has 2 fully saturated rings. The Labute approximate surface area is 105 Å². The zero-order valence-electron chi connectivity index (χ0n) is 11.0. The molecule has 0 aromatic heterocycles. The average molecular weight is 242 g/mol. The van der Waals surface area contributed by atoms with Gasteiger partial charge < -0.3 is 14.8 Å². The Morgan fingerprint density at radius 2 is 2.18 bits per heavy atom. The molecule has 0 aliphatic carbocycles. The summed E-state index contributed by atoms with van der Waals surface area (Å²) in [6, 6.07) is 0.747. The molecule has 4 nitrogen and oxygen atoms in total. The number of fused-ring (bicyclic) bond motifs is 1. The van der Waals surface area contributed by atoms with Gasteiger partial charge in [-0.25, -0.2) is 0 Å². The van der Waals surface area contributed by atoms with Crippen molar-refractivity contribution in [1.82, 2.24) is 10.2 Å². The molecular formula is C13H26N2O2. The van der Waals surface area contributed by atoms with E-state index in [2.05, 4.69) is 10.2 Å². The van der Waals surface area contributed by atoms with Crippen molar-refractivity contribution in [2.75, 3.05) is 53.1 Å². The van der Waals surface area contributed by atoms with E-state index in [0.717, 1.165) is 44.7 Å². The first-order valence-corrected chi connectivity index (χ1v) is 6.92. The van der Waals surface area contributed by atoms with Gasteiger partial charge >= 0.3 is 0 Å². The standard InChI is InChI=1S/C13H26N2O2/c1-16-7-3-8-17-9-6-15-10-12-4-2-5-14-13(12)11-15/h12-14H,2-11H2,1H3/t12-,13+/m0/s1. The fourth-order valence-electron chi connectivity index (χ4n) is 2.92. The van der Waals surface area contributed by atoms with Gasteiger partial charge in [0.05, 0.1) is 6.61 Å². The highest BCUT2D eigenvalue weighted by atomic mass is 16.5. The van der Waals surface area contributed by atoms with Crippen LogP contribution in [0.4, 0.5) is 0 Å². The summed E-state index contributed by atoms with van der Waals surface area (Å²) in [6.45, 7) is 7.27. The van der Waals surface area contributed by atoms with Crippen LogP contribution in [0.25, 0.3) is 0 Å². The number of rotatable bonds is 7. The minimum atomic E-state index is 0.747. The van der Waals surface area contributed by atoms with Crippen molar-refractivity contribution >= 4 is 0 Å². The highest BCUT2D eigenvalue weighted by Crippen LogP contribution is 2.24. The molecule has 2 aliphatic heterocycles. The first-order chi connectivity index (χ1) is 8.40. The van der Waals surface area contributed by atoms with E-state index < -0.39 is 0 Å². The number of nitrogens with zero attached hydrogens (tertiary/aromatic N) is 1. The van der Waals surface area contributed by atoms with E-state index >= 15 is 0 Å². The first-order valence-electron chi connectivity index (χ1n) is 6.92. The molecule has 0 aromatic rings. The average Bonchev–Trinajstić information content (AvgIpc) is 2.76. The summed E-state index contributed by atoms with van der Waals surface area (Å²) in [5.41, 5.74) is 0. The van der Waals surface area contributed by atoms with Gasteiger partial charge in [-0.1, -0.05) is 0 Å². The quantitative estimate of drug-likeness (QED) is 0.667. The van der Waals surface area contributed by atoms with Crippen LogP contribution in [0.5, 0.6) is 0 Å². The van der Waals surface area contributed by atoms with Crippen LogP contribution in [0.2, 0.25) is 0 Å². The molecular weight excluding hydrogens is 216 g/mol. The Bertz CT molecular complexity index is 200.